The van der Waals surface area contributed by atoms with E-state index in [1.54, 1.807) is 20.8 Å². The first-order chi connectivity index (χ1) is 5.90. The van der Waals surface area contributed by atoms with E-state index in [-0.39, 0.29) is 0 Å². The number of carbonyl (C=O) groups excluding carboxylic acids is 1. The lowest BCUT2D eigenvalue weighted by Gasteiger charge is -2.26. The van der Waals surface area contributed by atoms with E-state index < -0.39 is 11.6 Å². The van der Waals surface area contributed by atoms with E-state index in [9.17, 15) is 4.79 Å². The minimum atomic E-state index is -0.511. The molecule has 1 amide bonds. The highest BCUT2D eigenvalue weighted by Gasteiger charge is 2.22. The summed E-state index contributed by atoms with van der Waals surface area (Å²) in [6, 6.07) is 0. The number of nitrogens with zero attached hydrogens (tertiary/aromatic N) is 1. The van der Waals surface area contributed by atoms with Gasteiger partial charge in [-0.25, -0.2) is 4.79 Å². The Labute approximate surface area is 78.7 Å². The first-order valence-electron chi connectivity index (χ1n) is 4.18. The summed E-state index contributed by atoms with van der Waals surface area (Å²) in [5, 5.41) is 1.10. The normalized spacial score (nSPS) is 11.2. The van der Waals surface area contributed by atoms with Gasteiger partial charge in [-0.2, -0.15) is 5.06 Å². The Morgan fingerprint density at radius 1 is 1.54 bits per heavy atom. The third-order valence-electron chi connectivity index (χ3n) is 1.24. The van der Waals surface area contributed by atoms with Crippen LogP contribution in [0, 0.1) is 0 Å². The molecule has 5 heteroatoms. The Balaban J connectivity index is 4.10. The topological polar surface area (TPSA) is 64.8 Å². The number of hydrogen-bond acceptors (Lipinski definition) is 4. The van der Waals surface area contributed by atoms with E-state index in [0.717, 1.165) is 5.06 Å². The smallest absolute Gasteiger partial charge is 0.433 e. The Kier molecular flexibility index (Phi) is 4.72. The average molecular weight is 190 g/mol. The van der Waals surface area contributed by atoms with Gasteiger partial charge in [0, 0.05) is 5.54 Å². The van der Waals surface area contributed by atoms with Crippen molar-refractivity contribution >= 4 is 6.09 Å². The van der Waals surface area contributed by atoms with Crippen molar-refractivity contribution in [3.05, 3.63) is 0 Å². The first kappa shape index (κ1) is 12.2. The van der Waals surface area contributed by atoms with Crippen LogP contribution in [0.4, 0.5) is 4.79 Å². The van der Waals surface area contributed by atoms with E-state index in [2.05, 4.69) is 0 Å². The molecule has 0 aromatic carbocycles. The molecule has 0 saturated carbocycles. The zero-order chi connectivity index (χ0) is 10.5. The molecule has 0 fully saturated rings. The molecule has 13 heavy (non-hydrogen) atoms. The number of ether oxygens (including phenoxy) is 1. The Bertz CT molecular complexity index is 165. The number of nitrogens with two attached hydrogens (primary N) is 1. The Morgan fingerprint density at radius 2 is 2.08 bits per heavy atom. The number of amides is 1. The van der Waals surface area contributed by atoms with Crippen molar-refractivity contribution in [2.75, 3.05) is 20.3 Å². The number of carbonyl (C=O) groups is 1. The molecule has 0 aliphatic heterocycles. The minimum absolute atomic E-state index is 0.294. The lowest BCUT2D eigenvalue weighted by atomic mass is 10.1. The molecule has 0 aliphatic carbocycles. The lowest BCUT2D eigenvalue weighted by molar-refractivity contribution is -0.117. The van der Waals surface area contributed by atoms with Crippen LogP contribution < -0.4 is 5.73 Å². The van der Waals surface area contributed by atoms with Crippen LogP contribution in [0.2, 0.25) is 0 Å². The zero-order valence-electron chi connectivity index (χ0n) is 8.66. The minimum Gasteiger partial charge on any atom is -0.448 e. The summed E-state index contributed by atoms with van der Waals surface area (Å²) < 4.78 is 4.75. The molecule has 0 radical (unpaired) electrons. The third kappa shape index (κ3) is 5.43. The summed E-state index contributed by atoms with van der Waals surface area (Å²) >= 11 is 0. The second-order valence-corrected chi connectivity index (χ2v) is 3.41. The van der Waals surface area contributed by atoms with Gasteiger partial charge in [-0.05, 0) is 20.8 Å². The maximum atomic E-state index is 11.2. The van der Waals surface area contributed by atoms with Crippen LogP contribution >= 0.6 is 0 Å². The molecule has 5 nitrogen and oxygen atoms in total. The van der Waals surface area contributed by atoms with Crippen LogP contribution in [-0.2, 0) is 9.57 Å². The molecule has 0 aliphatic rings. The molecule has 0 atom stereocenters. The Morgan fingerprint density at radius 3 is 2.38 bits per heavy atom. The van der Waals surface area contributed by atoms with Crippen molar-refractivity contribution in [3.63, 3.8) is 0 Å². The largest absolute Gasteiger partial charge is 0.448 e. The van der Waals surface area contributed by atoms with E-state index in [1.807, 2.05) is 0 Å². The van der Waals surface area contributed by atoms with Crippen LogP contribution in [-0.4, -0.2) is 37.0 Å². The van der Waals surface area contributed by atoms with E-state index in [1.165, 1.54) is 7.11 Å². The fourth-order valence-corrected chi connectivity index (χ4v) is 0.769. The molecular weight excluding hydrogens is 172 g/mol. The van der Waals surface area contributed by atoms with E-state index >= 15 is 0 Å². The number of hydrogen-bond donors (Lipinski definition) is 1. The maximum absolute atomic E-state index is 11.2. The van der Waals surface area contributed by atoms with Crippen molar-refractivity contribution in [3.8, 4) is 0 Å². The maximum Gasteiger partial charge on any atom is 0.433 e. The van der Waals surface area contributed by atoms with Crippen LogP contribution in [0.5, 0.6) is 0 Å². The summed E-state index contributed by atoms with van der Waals surface area (Å²) in [4.78, 5) is 16.0. The first-order valence-corrected chi connectivity index (χ1v) is 4.18. The van der Waals surface area contributed by atoms with Crippen molar-refractivity contribution in [1.29, 1.82) is 0 Å². The third-order valence-corrected chi connectivity index (χ3v) is 1.24. The zero-order valence-corrected chi connectivity index (χ0v) is 8.66. The van der Waals surface area contributed by atoms with Gasteiger partial charge >= 0.3 is 6.09 Å². The highest BCUT2D eigenvalue weighted by molar-refractivity contribution is 5.66. The van der Waals surface area contributed by atoms with Gasteiger partial charge in [-0.15, -0.1) is 0 Å². The van der Waals surface area contributed by atoms with Crippen LogP contribution in [0.1, 0.15) is 20.8 Å². The van der Waals surface area contributed by atoms with E-state index in [0.29, 0.717) is 13.2 Å². The van der Waals surface area contributed by atoms with Crippen LogP contribution in [0.15, 0.2) is 0 Å². The van der Waals surface area contributed by atoms with Gasteiger partial charge in [-0.3, -0.25) is 4.84 Å². The molecule has 0 aromatic rings. The molecule has 0 unspecified atom stereocenters. The van der Waals surface area contributed by atoms with Crippen LogP contribution in [0.25, 0.3) is 0 Å². The van der Waals surface area contributed by atoms with Crippen molar-refractivity contribution in [2.24, 2.45) is 5.73 Å². The summed E-state index contributed by atoms with van der Waals surface area (Å²) in [5.74, 6) is 0. The molecule has 0 heterocycles. The monoisotopic (exact) mass is 190 g/mol. The SMILES string of the molecule is CCOC(=O)N(CC(C)(C)N)OC. The highest BCUT2D eigenvalue weighted by Crippen LogP contribution is 2.03. The van der Waals surface area contributed by atoms with Gasteiger partial charge in [0.15, 0.2) is 0 Å². The standard InChI is InChI=1S/C8H18N2O3/c1-5-13-7(11)10(12-4)6-8(2,3)9/h5-6,9H2,1-4H3. The molecule has 0 saturated heterocycles. The fourth-order valence-electron chi connectivity index (χ4n) is 0.769. The van der Waals surface area contributed by atoms with Crippen molar-refractivity contribution in [1.82, 2.24) is 5.06 Å². The van der Waals surface area contributed by atoms with E-state index in [4.69, 9.17) is 15.3 Å². The van der Waals surface area contributed by atoms with Gasteiger partial charge in [-0.1, -0.05) is 0 Å². The summed E-state index contributed by atoms with van der Waals surface area (Å²) in [6.45, 7) is 5.96. The summed E-state index contributed by atoms with van der Waals surface area (Å²) in [5.41, 5.74) is 5.22. The van der Waals surface area contributed by atoms with Crippen molar-refractivity contribution in [2.45, 2.75) is 26.3 Å². The molecule has 0 aromatic heterocycles. The number of rotatable bonds is 4. The predicted molar refractivity (Wildman–Crippen MR) is 49.0 cm³/mol. The van der Waals surface area contributed by atoms with Gasteiger partial charge in [0.1, 0.15) is 0 Å². The quantitative estimate of drug-likeness (QED) is 0.664. The predicted octanol–water partition coefficient (Wildman–Crippen LogP) is 0.744. The fraction of sp³-hybridized carbons (Fsp3) is 0.875. The van der Waals surface area contributed by atoms with Crippen molar-refractivity contribution < 1.29 is 14.4 Å². The molecule has 0 spiro atoms. The van der Waals surface area contributed by atoms with Gasteiger partial charge in [0.2, 0.25) is 0 Å². The number of hydroxylamine groups is 2. The molecule has 0 bridgehead atoms. The van der Waals surface area contributed by atoms with Gasteiger partial charge in [0.05, 0.1) is 20.3 Å². The average Bonchev–Trinajstić information content (AvgIpc) is 1.99. The summed E-state index contributed by atoms with van der Waals surface area (Å²) in [6.07, 6.45) is -0.511. The highest BCUT2D eigenvalue weighted by atomic mass is 16.7. The molecule has 78 valence electrons. The van der Waals surface area contributed by atoms with Gasteiger partial charge in [0.25, 0.3) is 0 Å². The molecule has 2 N–H and O–H groups in total. The Hall–Kier alpha value is -0.810. The lowest BCUT2D eigenvalue weighted by Crippen LogP contribution is -2.47. The molecular formula is C8H18N2O3. The van der Waals surface area contributed by atoms with Crippen LogP contribution in [0.3, 0.4) is 0 Å². The molecule has 0 rings (SSSR count). The second kappa shape index (κ2) is 5.04. The van der Waals surface area contributed by atoms with Gasteiger partial charge < -0.3 is 10.5 Å². The second-order valence-electron chi connectivity index (χ2n) is 3.41. The summed E-state index contributed by atoms with van der Waals surface area (Å²) in [7, 11) is 1.41.